The number of aromatic nitrogens is 1. The predicted molar refractivity (Wildman–Crippen MR) is 70.0 cm³/mol. The maximum Gasteiger partial charge on any atom is 0.274 e. The SMILES string of the molecule is Cn1cc(Br)cc(NC(=O)CC2CCC2)c1=O. The Kier molecular flexibility index (Phi) is 3.66. The molecule has 0 aromatic carbocycles. The highest BCUT2D eigenvalue weighted by molar-refractivity contribution is 9.10. The third-order valence-corrected chi connectivity index (χ3v) is 3.56. The lowest BCUT2D eigenvalue weighted by atomic mass is 9.83. The van der Waals surface area contributed by atoms with Gasteiger partial charge in [0.05, 0.1) is 0 Å². The molecule has 1 fully saturated rings. The summed E-state index contributed by atoms with van der Waals surface area (Å²) in [7, 11) is 1.66. The molecule has 0 atom stereocenters. The van der Waals surface area contributed by atoms with E-state index in [2.05, 4.69) is 21.2 Å². The molecule has 5 heteroatoms. The van der Waals surface area contributed by atoms with Gasteiger partial charge in [0.2, 0.25) is 5.91 Å². The lowest BCUT2D eigenvalue weighted by molar-refractivity contribution is -0.117. The van der Waals surface area contributed by atoms with Gasteiger partial charge < -0.3 is 9.88 Å². The topological polar surface area (TPSA) is 51.1 Å². The second-order valence-electron chi connectivity index (χ2n) is 4.54. The summed E-state index contributed by atoms with van der Waals surface area (Å²) in [4.78, 5) is 23.5. The average Bonchev–Trinajstić information content (AvgIpc) is 2.19. The first-order valence-electron chi connectivity index (χ1n) is 5.72. The van der Waals surface area contributed by atoms with Crippen molar-refractivity contribution in [1.82, 2.24) is 4.57 Å². The van der Waals surface area contributed by atoms with Crippen LogP contribution in [0.25, 0.3) is 0 Å². The summed E-state index contributed by atoms with van der Waals surface area (Å²) in [5, 5.41) is 2.69. The molecular weight excluding hydrogens is 284 g/mol. The number of nitrogens with zero attached hydrogens (tertiary/aromatic N) is 1. The van der Waals surface area contributed by atoms with E-state index >= 15 is 0 Å². The number of carbonyl (C=O) groups excluding carboxylic acids is 1. The van der Waals surface area contributed by atoms with Crippen molar-refractivity contribution in [3.8, 4) is 0 Å². The monoisotopic (exact) mass is 298 g/mol. The third kappa shape index (κ3) is 2.97. The third-order valence-electron chi connectivity index (χ3n) is 3.12. The molecule has 1 aromatic heterocycles. The molecule has 92 valence electrons. The van der Waals surface area contributed by atoms with Crippen LogP contribution in [-0.4, -0.2) is 10.5 Å². The van der Waals surface area contributed by atoms with Crippen molar-refractivity contribution in [3.05, 3.63) is 27.1 Å². The molecule has 1 saturated carbocycles. The van der Waals surface area contributed by atoms with E-state index in [4.69, 9.17) is 0 Å². The summed E-state index contributed by atoms with van der Waals surface area (Å²) in [5.41, 5.74) is 0.154. The van der Waals surface area contributed by atoms with Crippen LogP contribution >= 0.6 is 15.9 Å². The maximum absolute atomic E-state index is 11.8. The molecule has 1 aliphatic carbocycles. The number of halogens is 1. The largest absolute Gasteiger partial charge is 0.321 e. The number of rotatable bonds is 3. The Bertz CT molecular complexity index is 492. The van der Waals surface area contributed by atoms with Crippen molar-refractivity contribution in [1.29, 1.82) is 0 Å². The summed E-state index contributed by atoms with van der Waals surface area (Å²) in [6.07, 6.45) is 5.67. The molecule has 1 N–H and O–H groups in total. The molecule has 1 aliphatic rings. The zero-order chi connectivity index (χ0) is 12.4. The van der Waals surface area contributed by atoms with Crippen LogP contribution < -0.4 is 10.9 Å². The molecule has 0 spiro atoms. The number of carbonyl (C=O) groups is 1. The molecular formula is C12H15BrN2O2. The summed E-state index contributed by atoms with van der Waals surface area (Å²) >= 11 is 3.30. The molecule has 0 saturated heterocycles. The van der Waals surface area contributed by atoms with Crippen molar-refractivity contribution in [2.24, 2.45) is 13.0 Å². The van der Waals surface area contributed by atoms with Crippen LogP contribution in [0.3, 0.4) is 0 Å². The van der Waals surface area contributed by atoms with E-state index in [0.29, 0.717) is 18.0 Å². The Labute approximate surface area is 108 Å². The molecule has 1 amide bonds. The normalized spacial score (nSPS) is 15.4. The van der Waals surface area contributed by atoms with Crippen molar-refractivity contribution in [3.63, 3.8) is 0 Å². The molecule has 4 nitrogen and oxygen atoms in total. The second kappa shape index (κ2) is 5.04. The van der Waals surface area contributed by atoms with Crippen molar-refractivity contribution in [2.75, 3.05) is 5.32 Å². The van der Waals surface area contributed by atoms with Gasteiger partial charge in [0, 0.05) is 24.1 Å². The highest BCUT2D eigenvalue weighted by atomic mass is 79.9. The van der Waals surface area contributed by atoms with Gasteiger partial charge in [0.1, 0.15) is 5.69 Å². The van der Waals surface area contributed by atoms with E-state index in [1.807, 2.05) is 0 Å². The standard InChI is InChI=1S/C12H15BrN2O2/c1-15-7-9(13)6-10(12(15)17)14-11(16)5-8-3-2-4-8/h6-8H,2-5H2,1H3,(H,14,16). The number of amides is 1. The number of anilines is 1. The first kappa shape index (κ1) is 12.4. The summed E-state index contributed by atoms with van der Waals surface area (Å²) < 4.78 is 2.22. The molecule has 0 unspecified atom stereocenters. The molecule has 1 heterocycles. The second-order valence-corrected chi connectivity index (χ2v) is 5.45. The van der Waals surface area contributed by atoms with Gasteiger partial charge in [0.25, 0.3) is 5.56 Å². The zero-order valence-corrected chi connectivity index (χ0v) is 11.3. The molecule has 0 aliphatic heterocycles. The van der Waals surface area contributed by atoms with E-state index in [9.17, 15) is 9.59 Å². The van der Waals surface area contributed by atoms with E-state index in [1.54, 1.807) is 19.3 Å². The molecule has 17 heavy (non-hydrogen) atoms. The van der Waals surface area contributed by atoms with Crippen LogP contribution in [0.5, 0.6) is 0 Å². The molecule has 1 aromatic rings. The number of nitrogens with one attached hydrogen (secondary N) is 1. The number of pyridine rings is 1. The summed E-state index contributed by atoms with van der Waals surface area (Å²) in [6, 6.07) is 1.64. The molecule has 2 rings (SSSR count). The first-order chi connectivity index (χ1) is 8.06. The van der Waals surface area contributed by atoms with Gasteiger partial charge in [-0.25, -0.2) is 0 Å². The fourth-order valence-corrected chi connectivity index (χ4v) is 2.46. The minimum atomic E-state index is -0.185. The van der Waals surface area contributed by atoms with Crippen LogP contribution in [0.15, 0.2) is 21.5 Å². The van der Waals surface area contributed by atoms with Gasteiger partial charge in [-0.1, -0.05) is 6.42 Å². The van der Waals surface area contributed by atoms with E-state index < -0.39 is 0 Å². The fourth-order valence-electron chi connectivity index (χ4n) is 1.92. The highest BCUT2D eigenvalue weighted by Crippen LogP contribution is 2.29. The van der Waals surface area contributed by atoms with Gasteiger partial charge >= 0.3 is 0 Å². The van der Waals surface area contributed by atoms with Crippen LogP contribution in [0.2, 0.25) is 0 Å². The minimum absolute atomic E-state index is 0.0649. The minimum Gasteiger partial charge on any atom is -0.321 e. The fraction of sp³-hybridized carbons (Fsp3) is 0.500. The van der Waals surface area contributed by atoms with Crippen LogP contribution in [0.1, 0.15) is 25.7 Å². The first-order valence-corrected chi connectivity index (χ1v) is 6.51. The Hall–Kier alpha value is -1.10. The van der Waals surface area contributed by atoms with Crippen molar-refractivity contribution >= 4 is 27.5 Å². The smallest absolute Gasteiger partial charge is 0.274 e. The average molecular weight is 299 g/mol. The molecule has 0 bridgehead atoms. The van der Waals surface area contributed by atoms with Crippen LogP contribution in [0.4, 0.5) is 5.69 Å². The van der Waals surface area contributed by atoms with Crippen LogP contribution in [-0.2, 0) is 11.8 Å². The summed E-state index contributed by atoms with van der Waals surface area (Å²) in [5.74, 6) is 0.441. The predicted octanol–water partition coefficient (Wildman–Crippen LogP) is 2.28. The Morgan fingerprint density at radius 2 is 2.29 bits per heavy atom. The number of hydrogen-bond acceptors (Lipinski definition) is 2. The highest BCUT2D eigenvalue weighted by Gasteiger charge is 2.21. The Morgan fingerprint density at radius 3 is 2.88 bits per heavy atom. The van der Waals surface area contributed by atoms with Gasteiger partial charge in [-0.3, -0.25) is 9.59 Å². The van der Waals surface area contributed by atoms with Crippen molar-refractivity contribution < 1.29 is 4.79 Å². The molecule has 0 radical (unpaired) electrons. The quantitative estimate of drug-likeness (QED) is 0.931. The van der Waals surface area contributed by atoms with Gasteiger partial charge in [0.15, 0.2) is 0 Å². The van der Waals surface area contributed by atoms with E-state index in [-0.39, 0.29) is 11.5 Å². The van der Waals surface area contributed by atoms with E-state index in [0.717, 1.165) is 17.3 Å². The number of hydrogen-bond donors (Lipinski definition) is 1. The van der Waals surface area contributed by atoms with Crippen molar-refractivity contribution in [2.45, 2.75) is 25.7 Å². The van der Waals surface area contributed by atoms with Gasteiger partial charge in [-0.15, -0.1) is 0 Å². The zero-order valence-electron chi connectivity index (χ0n) is 9.70. The van der Waals surface area contributed by atoms with Gasteiger partial charge in [-0.05, 0) is 40.8 Å². The lowest BCUT2D eigenvalue weighted by Crippen LogP contribution is -2.26. The number of aryl methyl sites for hydroxylation is 1. The Morgan fingerprint density at radius 1 is 1.59 bits per heavy atom. The Balaban J connectivity index is 2.07. The lowest BCUT2D eigenvalue weighted by Gasteiger charge is -2.24. The van der Waals surface area contributed by atoms with E-state index in [1.165, 1.54) is 11.0 Å². The van der Waals surface area contributed by atoms with Crippen LogP contribution in [0, 0.1) is 5.92 Å². The van der Waals surface area contributed by atoms with Gasteiger partial charge in [-0.2, -0.15) is 0 Å². The maximum atomic E-state index is 11.8. The summed E-state index contributed by atoms with van der Waals surface area (Å²) in [6.45, 7) is 0.